The van der Waals surface area contributed by atoms with Gasteiger partial charge in [-0.05, 0) is 45.4 Å². The lowest BCUT2D eigenvalue weighted by Crippen LogP contribution is -2.35. The van der Waals surface area contributed by atoms with Gasteiger partial charge in [0, 0.05) is 25.7 Å². The van der Waals surface area contributed by atoms with Crippen LogP contribution >= 0.6 is 0 Å². The van der Waals surface area contributed by atoms with Crippen LogP contribution in [0.4, 0.5) is 0 Å². The molecule has 2 amide bonds. The fourth-order valence-corrected chi connectivity index (χ4v) is 3.28. The van der Waals surface area contributed by atoms with Crippen LogP contribution in [0.3, 0.4) is 0 Å². The molecule has 1 aromatic heterocycles. The van der Waals surface area contributed by atoms with E-state index in [0.717, 1.165) is 63.9 Å². The van der Waals surface area contributed by atoms with Gasteiger partial charge in [-0.25, -0.2) is 4.98 Å². The van der Waals surface area contributed by atoms with Crippen LogP contribution in [0.2, 0.25) is 0 Å². The Kier molecular flexibility index (Phi) is 7.02. The summed E-state index contributed by atoms with van der Waals surface area (Å²) in [4.78, 5) is 32.0. The Morgan fingerprint density at radius 3 is 2.48 bits per heavy atom. The van der Waals surface area contributed by atoms with Crippen LogP contribution in [0, 0.1) is 0 Å². The Labute approximate surface area is 151 Å². The van der Waals surface area contributed by atoms with E-state index >= 15 is 0 Å². The molecule has 0 aliphatic carbocycles. The quantitative estimate of drug-likeness (QED) is 0.785. The summed E-state index contributed by atoms with van der Waals surface area (Å²) in [5.41, 5.74) is 1.36. The SMILES string of the molecule is CCCN(CCC)C(=O)c1nc(C(=O)NC(C)CC)c2n1CCCC2. The van der Waals surface area contributed by atoms with Crippen LogP contribution in [0.1, 0.15) is 86.6 Å². The molecule has 0 saturated carbocycles. The molecule has 0 saturated heterocycles. The van der Waals surface area contributed by atoms with Crippen molar-refractivity contribution in [2.75, 3.05) is 13.1 Å². The van der Waals surface area contributed by atoms with Gasteiger partial charge in [0.05, 0.1) is 5.69 Å². The normalized spacial score (nSPS) is 14.7. The predicted octanol–water partition coefficient (Wildman–Crippen LogP) is 3.01. The van der Waals surface area contributed by atoms with Crippen molar-refractivity contribution in [3.8, 4) is 0 Å². The van der Waals surface area contributed by atoms with Crippen LogP contribution in [-0.4, -0.2) is 45.4 Å². The highest BCUT2D eigenvalue weighted by atomic mass is 16.2. The molecular weight excluding hydrogens is 316 g/mol. The van der Waals surface area contributed by atoms with E-state index in [4.69, 9.17) is 0 Å². The van der Waals surface area contributed by atoms with E-state index in [1.165, 1.54) is 0 Å². The van der Waals surface area contributed by atoms with Gasteiger partial charge in [-0.3, -0.25) is 9.59 Å². The van der Waals surface area contributed by atoms with Gasteiger partial charge in [-0.1, -0.05) is 20.8 Å². The summed E-state index contributed by atoms with van der Waals surface area (Å²) < 4.78 is 1.98. The largest absolute Gasteiger partial charge is 0.348 e. The van der Waals surface area contributed by atoms with Crippen molar-refractivity contribution in [3.05, 3.63) is 17.2 Å². The van der Waals surface area contributed by atoms with E-state index in [9.17, 15) is 9.59 Å². The maximum atomic E-state index is 13.0. The number of amides is 2. The number of hydrogen-bond acceptors (Lipinski definition) is 3. The van der Waals surface area contributed by atoms with Gasteiger partial charge < -0.3 is 14.8 Å². The average Bonchev–Trinajstić information content (AvgIpc) is 3.00. The van der Waals surface area contributed by atoms with Gasteiger partial charge in [-0.15, -0.1) is 0 Å². The first-order valence-electron chi connectivity index (χ1n) is 9.72. The summed E-state index contributed by atoms with van der Waals surface area (Å²) in [5.74, 6) is 0.233. The molecule has 1 aromatic rings. The van der Waals surface area contributed by atoms with Crippen molar-refractivity contribution in [3.63, 3.8) is 0 Å². The summed E-state index contributed by atoms with van der Waals surface area (Å²) >= 11 is 0. The van der Waals surface area contributed by atoms with Crippen LogP contribution in [0.15, 0.2) is 0 Å². The second kappa shape index (κ2) is 9.02. The fraction of sp³-hybridized carbons (Fsp3) is 0.737. The molecule has 6 heteroatoms. The number of fused-ring (bicyclic) bond motifs is 1. The summed E-state index contributed by atoms with van der Waals surface area (Å²) in [6.07, 6.45) is 5.58. The molecule has 1 atom stereocenters. The van der Waals surface area contributed by atoms with Crippen molar-refractivity contribution in [2.24, 2.45) is 0 Å². The summed E-state index contributed by atoms with van der Waals surface area (Å²) in [7, 11) is 0. The number of carbonyl (C=O) groups excluding carboxylic acids is 2. The van der Waals surface area contributed by atoms with Crippen molar-refractivity contribution in [1.29, 1.82) is 0 Å². The number of nitrogens with one attached hydrogen (secondary N) is 1. The number of nitrogens with zero attached hydrogens (tertiary/aromatic N) is 3. The minimum atomic E-state index is -0.156. The van der Waals surface area contributed by atoms with E-state index in [1.807, 2.05) is 23.3 Å². The topological polar surface area (TPSA) is 67.2 Å². The molecule has 0 fully saturated rings. The fourth-order valence-electron chi connectivity index (χ4n) is 3.28. The standard InChI is InChI=1S/C19H32N4O2/c1-5-11-22(12-6-2)19(25)17-21-16(18(24)20-14(4)7-3)15-10-8-9-13-23(15)17/h14H,5-13H2,1-4H3,(H,20,24). The van der Waals surface area contributed by atoms with Crippen LogP contribution in [0.25, 0.3) is 0 Å². The van der Waals surface area contributed by atoms with Gasteiger partial charge in [0.15, 0.2) is 5.82 Å². The molecule has 0 bridgehead atoms. The van der Waals surface area contributed by atoms with Crippen molar-refractivity contribution < 1.29 is 9.59 Å². The van der Waals surface area contributed by atoms with Crippen molar-refractivity contribution in [1.82, 2.24) is 19.8 Å². The Bertz CT molecular complexity index is 603. The number of imidazole rings is 1. The summed E-state index contributed by atoms with van der Waals surface area (Å²) in [6, 6.07) is 0.101. The number of carbonyl (C=O) groups is 2. The minimum Gasteiger partial charge on any atom is -0.348 e. The van der Waals surface area contributed by atoms with Crippen LogP contribution in [-0.2, 0) is 13.0 Å². The lowest BCUT2D eigenvalue weighted by molar-refractivity contribution is 0.0737. The molecule has 1 aliphatic rings. The van der Waals surface area contributed by atoms with E-state index < -0.39 is 0 Å². The molecule has 140 valence electrons. The monoisotopic (exact) mass is 348 g/mol. The van der Waals surface area contributed by atoms with E-state index in [2.05, 4.69) is 24.1 Å². The molecule has 25 heavy (non-hydrogen) atoms. The third-order valence-electron chi connectivity index (χ3n) is 4.79. The first-order chi connectivity index (χ1) is 12.0. The third-order valence-corrected chi connectivity index (χ3v) is 4.79. The van der Waals surface area contributed by atoms with Crippen molar-refractivity contribution >= 4 is 11.8 Å². The maximum absolute atomic E-state index is 13.0. The molecule has 0 radical (unpaired) electrons. The Balaban J connectivity index is 2.35. The molecule has 6 nitrogen and oxygen atoms in total. The van der Waals surface area contributed by atoms with E-state index in [0.29, 0.717) is 11.5 Å². The second-order valence-electron chi connectivity index (χ2n) is 6.91. The number of aromatic nitrogens is 2. The van der Waals surface area contributed by atoms with Crippen molar-refractivity contribution in [2.45, 2.75) is 78.8 Å². The van der Waals surface area contributed by atoms with Gasteiger partial charge in [0.25, 0.3) is 11.8 Å². The molecule has 2 heterocycles. The van der Waals surface area contributed by atoms with E-state index in [-0.39, 0.29) is 17.9 Å². The zero-order chi connectivity index (χ0) is 18.4. The smallest absolute Gasteiger partial charge is 0.289 e. The zero-order valence-electron chi connectivity index (χ0n) is 16.1. The highest BCUT2D eigenvalue weighted by Gasteiger charge is 2.29. The molecule has 0 spiro atoms. The first kappa shape index (κ1) is 19.5. The van der Waals surface area contributed by atoms with Gasteiger partial charge in [-0.2, -0.15) is 0 Å². The lowest BCUT2D eigenvalue weighted by atomic mass is 10.1. The first-order valence-corrected chi connectivity index (χ1v) is 9.72. The zero-order valence-corrected chi connectivity index (χ0v) is 16.1. The predicted molar refractivity (Wildman–Crippen MR) is 98.9 cm³/mol. The molecule has 2 rings (SSSR count). The number of rotatable bonds is 8. The van der Waals surface area contributed by atoms with Crippen LogP contribution in [0.5, 0.6) is 0 Å². The summed E-state index contributed by atoms with van der Waals surface area (Å²) in [5, 5.41) is 2.99. The molecule has 0 aromatic carbocycles. The lowest BCUT2D eigenvalue weighted by Gasteiger charge is -2.23. The van der Waals surface area contributed by atoms with Gasteiger partial charge in [0.2, 0.25) is 0 Å². The maximum Gasteiger partial charge on any atom is 0.289 e. The summed E-state index contributed by atoms with van der Waals surface area (Å²) in [6.45, 7) is 10.4. The average molecular weight is 348 g/mol. The van der Waals surface area contributed by atoms with Crippen LogP contribution < -0.4 is 5.32 Å². The second-order valence-corrected chi connectivity index (χ2v) is 6.91. The van der Waals surface area contributed by atoms with Gasteiger partial charge >= 0.3 is 0 Å². The third kappa shape index (κ3) is 4.41. The molecule has 1 aliphatic heterocycles. The molecular formula is C19H32N4O2. The Hall–Kier alpha value is -1.85. The number of hydrogen-bond donors (Lipinski definition) is 1. The highest BCUT2D eigenvalue weighted by molar-refractivity contribution is 5.97. The molecule has 1 unspecified atom stereocenters. The Morgan fingerprint density at radius 2 is 1.88 bits per heavy atom. The van der Waals surface area contributed by atoms with Gasteiger partial charge in [0.1, 0.15) is 5.69 Å². The molecule has 1 N–H and O–H groups in total. The van der Waals surface area contributed by atoms with E-state index in [1.54, 1.807) is 0 Å². The minimum absolute atomic E-state index is 0.0468. The Morgan fingerprint density at radius 1 is 1.20 bits per heavy atom. The highest BCUT2D eigenvalue weighted by Crippen LogP contribution is 2.22.